The van der Waals surface area contributed by atoms with E-state index in [1.54, 1.807) is 12.4 Å². The molecule has 1 aliphatic rings. The number of fused-ring (bicyclic) bond motifs is 2. The van der Waals surface area contributed by atoms with Crippen molar-refractivity contribution in [2.75, 3.05) is 0 Å². The van der Waals surface area contributed by atoms with Crippen molar-refractivity contribution in [3.63, 3.8) is 0 Å². The van der Waals surface area contributed by atoms with Gasteiger partial charge in [0.25, 0.3) is 0 Å². The van der Waals surface area contributed by atoms with Crippen molar-refractivity contribution < 1.29 is 0 Å². The van der Waals surface area contributed by atoms with Gasteiger partial charge in [-0.15, -0.1) is 0 Å². The van der Waals surface area contributed by atoms with E-state index in [2.05, 4.69) is 61.8 Å². The van der Waals surface area contributed by atoms with Crippen LogP contribution in [0.2, 0.25) is 0 Å². The first kappa shape index (κ1) is 24.6. The number of rotatable bonds is 8. The monoisotopic (exact) mass is 513 g/mol. The van der Waals surface area contributed by atoms with Crippen LogP contribution in [0.25, 0.3) is 50.3 Å². The lowest BCUT2D eigenvalue weighted by atomic mass is 10.0. The van der Waals surface area contributed by atoms with Crippen LogP contribution in [0.15, 0.2) is 97.6 Å². The second-order valence-corrected chi connectivity index (χ2v) is 9.86. The normalized spacial score (nSPS) is 14.8. The number of hydrogen-bond donors (Lipinski definition) is 3. The van der Waals surface area contributed by atoms with Crippen LogP contribution in [-0.4, -0.2) is 30.1 Å². The van der Waals surface area contributed by atoms with Crippen LogP contribution in [0.3, 0.4) is 0 Å². The van der Waals surface area contributed by atoms with Gasteiger partial charge in [-0.2, -0.15) is 5.10 Å². The molecule has 5 aromatic rings. The van der Waals surface area contributed by atoms with E-state index in [0.29, 0.717) is 5.92 Å². The standard InChI is InChI=1S/C32H31N7/c1-4-21(18-23(5-2)35-20(3)22-10-6-7-11-22)25-13-14-28-31(37-25)32(39-38-28)29-19-24-26(36-29)15-17-34-30(24)27-12-8-9-16-33-27/h4-5,8-9,12-19,22,35-36H,2-3,6-7,10-11H2,1H3,(H,38,39)/b21-4+,23-18+. The van der Waals surface area contributed by atoms with Gasteiger partial charge in [-0.05, 0) is 79.8 Å². The summed E-state index contributed by atoms with van der Waals surface area (Å²) in [6.45, 7) is 10.3. The Bertz CT molecular complexity index is 1730. The maximum absolute atomic E-state index is 5.04. The third kappa shape index (κ3) is 4.79. The fourth-order valence-corrected chi connectivity index (χ4v) is 5.32. The average Bonchev–Trinajstić information content (AvgIpc) is 3.74. The van der Waals surface area contributed by atoms with Crippen molar-refractivity contribution >= 4 is 27.5 Å². The lowest BCUT2D eigenvalue weighted by Gasteiger charge is -2.16. The zero-order valence-electron chi connectivity index (χ0n) is 22.0. The molecule has 39 heavy (non-hydrogen) atoms. The summed E-state index contributed by atoms with van der Waals surface area (Å²) >= 11 is 0. The maximum atomic E-state index is 5.04. The highest BCUT2D eigenvalue weighted by molar-refractivity contribution is 5.98. The topological polar surface area (TPSA) is 95.2 Å². The summed E-state index contributed by atoms with van der Waals surface area (Å²) in [5, 5.41) is 12.2. The van der Waals surface area contributed by atoms with E-state index >= 15 is 0 Å². The molecule has 1 saturated carbocycles. The fraction of sp³-hybridized carbons (Fsp3) is 0.188. The Hall–Kier alpha value is -4.78. The van der Waals surface area contributed by atoms with Crippen molar-refractivity contribution in [3.8, 4) is 22.8 Å². The second kappa shape index (κ2) is 10.5. The molecule has 194 valence electrons. The number of nitrogens with zero attached hydrogens (tertiary/aromatic N) is 4. The van der Waals surface area contributed by atoms with Crippen molar-refractivity contribution in [3.05, 3.63) is 103 Å². The lowest BCUT2D eigenvalue weighted by molar-refractivity contribution is 0.607. The van der Waals surface area contributed by atoms with E-state index in [-0.39, 0.29) is 0 Å². The molecule has 0 spiro atoms. The van der Waals surface area contributed by atoms with E-state index < -0.39 is 0 Å². The molecule has 7 heteroatoms. The molecule has 0 aliphatic heterocycles. The lowest BCUT2D eigenvalue weighted by Crippen LogP contribution is -2.16. The molecule has 0 radical (unpaired) electrons. The quantitative estimate of drug-likeness (QED) is 0.189. The molecule has 3 N–H and O–H groups in total. The number of pyridine rings is 3. The van der Waals surface area contributed by atoms with E-state index in [1.165, 1.54) is 25.7 Å². The third-order valence-corrected chi connectivity index (χ3v) is 7.41. The molecule has 0 aromatic carbocycles. The van der Waals surface area contributed by atoms with Gasteiger partial charge in [0, 0.05) is 34.7 Å². The molecule has 0 unspecified atom stereocenters. The SMILES string of the molecule is C=C/C(=C\C(=C/C)c1ccc2[nH]nc(-c3cc4c(-c5ccccn5)nccc4[nH]3)c2n1)NC(=C)C1CCCC1. The molecule has 0 amide bonds. The van der Waals surface area contributed by atoms with Crippen LogP contribution in [0.1, 0.15) is 38.3 Å². The van der Waals surface area contributed by atoms with Crippen molar-refractivity contribution in [2.24, 2.45) is 5.92 Å². The van der Waals surface area contributed by atoms with Gasteiger partial charge in [0.15, 0.2) is 0 Å². The summed E-state index contributed by atoms with van der Waals surface area (Å²) in [6, 6.07) is 13.9. The zero-order chi connectivity index (χ0) is 26.8. The van der Waals surface area contributed by atoms with E-state index in [0.717, 1.165) is 67.4 Å². The highest BCUT2D eigenvalue weighted by atomic mass is 15.1. The first-order valence-corrected chi connectivity index (χ1v) is 13.4. The predicted molar refractivity (Wildman–Crippen MR) is 158 cm³/mol. The molecule has 0 saturated heterocycles. The van der Waals surface area contributed by atoms with Gasteiger partial charge in [-0.3, -0.25) is 15.1 Å². The van der Waals surface area contributed by atoms with Crippen LogP contribution in [0, 0.1) is 5.92 Å². The van der Waals surface area contributed by atoms with Gasteiger partial charge in [-0.25, -0.2) is 4.98 Å². The average molecular weight is 514 g/mol. The van der Waals surface area contributed by atoms with Crippen LogP contribution in [0.5, 0.6) is 0 Å². The molecule has 7 nitrogen and oxygen atoms in total. The summed E-state index contributed by atoms with van der Waals surface area (Å²) in [5.41, 5.74) is 9.73. The first-order valence-electron chi connectivity index (χ1n) is 13.4. The number of aromatic amines is 2. The molecule has 0 bridgehead atoms. The van der Waals surface area contributed by atoms with Gasteiger partial charge in [-0.1, -0.05) is 38.1 Å². The molecule has 5 aromatic heterocycles. The maximum Gasteiger partial charge on any atom is 0.135 e. The molecule has 6 rings (SSSR count). The van der Waals surface area contributed by atoms with E-state index in [9.17, 15) is 0 Å². The minimum Gasteiger partial charge on any atom is -0.359 e. The minimum absolute atomic E-state index is 0.523. The van der Waals surface area contributed by atoms with E-state index in [4.69, 9.17) is 4.98 Å². The van der Waals surface area contributed by atoms with Crippen molar-refractivity contribution in [2.45, 2.75) is 32.6 Å². The second-order valence-electron chi connectivity index (χ2n) is 9.86. The highest BCUT2D eigenvalue weighted by Crippen LogP contribution is 2.33. The molecule has 0 atom stereocenters. The number of allylic oxidation sites excluding steroid dienone is 5. The fourth-order valence-electron chi connectivity index (χ4n) is 5.32. The molecular formula is C32H31N7. The van der Waals surface area contributed by atoms with Crippen LogP contribution in [0.4, 0.5) is 0 Å². The Morgan fingerprint density at radius 1 is 1.03 bits per heavy atom. The van der Waals surface area contributed by atoms with Gasteiger partial charge >= 0.3 is 0 Å². The number of H-pyrrole nitrogens is 2. The van der Waals surface area contributed by atoms with Crippen LogP contribution in [-0.2, 0) is 0 Å². The largest absolute Gasteiger partial charge is 0.359 e. The highest BCUT2D eigenvalue weighted by Gasteiger charge is 2.19. The van der Waals surface area contributed by atoms with Crippen molar-refractivity contribution in [1.29, 1.82) is 0 Å². The van der Waals surface area contributed by atoms with Crippen LogP contribution < -0.4 is 5.32 Å². The Kier molecular flexibility index (Phi) is 6.63. The van der Waals surface area contributed by atoms with Gasteiger partial charge in [0.05, 0.1) is 28.3 Å². The Morgan fingerprint density at radius 3 is 2.67 bits per heavy atom. The Labute approximate surface area is 227 Å². The molecule has 5 heterocycles. The first-order chi connectivity index (χ1) is 19.1. The van der Waals surface area contributed by atoms with Crippen LogP contribution >= 0.6 is 0 Å². The summed E-state index contributed by atoms with van der Waals surface area (Å²) in [6.07, 6.45) is 14.5. The number of nitrogens with one attached hydrogen (secondary N) is 3. The summed E-state index contributed by atoms with van der Waals surface area (Å²) < 4.78 is 0. The van der Waals surface area contributed by atoms with Gasteiger partial charge < -0.3 is 10.3 Å². The molecular weight excluding hydrogens is 482 g/mol. The van der Waals surface area contributed by atoms with Crippen molar-refractivity contribution in [1.82, 2.24) is 35.5 Å². The van der Waals surface area contributed by atoms with Gasteiger partial charge in [0.1, 0.15) is 11.2 Å². The summed E-state index contributed by atoms with van der Waals surface area (Å²) in [7, 11) is 0. The predicted octanol–water partition coefficient (Wildman–Crippen LogP) is 7.33. The van der Waals surface area contributed by atoms with Gasteiger partial charge in [0.2, 0.25) is 0 Å². The molecule has 1 aliphatic carbocycles. The number of aromatic nitrogens is 6. The minimum atomic E-state index is 0.523. The Balaban J connectivity index is 1.35. The smallest absolute Gasteiger partial charge is 0.135 e. The number of hydrogen-bond acceptors (Lipinski definition) is 5. The zero-order valence-corrected chi connectivity index (χ0v) is 22.0. The third-order valence-electron chi connectivity index (χ3n) is 7.41. The summed E-state index contributed by atoms with van der Waals surface area (Å²) in [4.78, 5) is 17.6. The molecule has 1 fully saturated rings. The van der Waals surface area contributed by atoms with E-state index in [1.807, 2.05) is 49.4 Å². The Morgan fingerprint density at radius 2 is 1.90 bits per heavy atom. The summed E-state index contributed by atoms with van der Waals surface area (Å²) in [5.74, 6) is 0.523.